The fourth-order valence-corrected chi connectivity index (χ4v) is 4.09. The van der Waals surface area contributed by atoms with Crippen LogP contribution in [0, 0.1) is 0 Å². The molecule has 4 heterocycles. The van der Waals surface area contributed by atoms with Gasteiger partial charge in [-0.2, -0.15) is 14.7 Å². The predicted octanol–water partition coefficient (Wildman–Crippen LogP) is 2.76. The number of ether oxygens (including phenoxy) is 1. The molecule has 0 saturated carbocycles. The van der Waals surface area contributed by atoms with Gasteiger partial charge in [0.05, 0.1) is 6.61 Å². The summed E-state index contributed by atoms with van der Waals surface area (Å²) in [6.45, 7) is 4.75. The number of nitrogens with zero attached hydrogens (tertiary/aromatic N) is 7. The van der Waals surface area contributed by atoms with E-state index >= 15 is 0 Å². The molecule has 0 saturated heterocycles. The minimum Gasteiger partial charge on any atom is -0.493 e. The third-order valence-corrected chi connectivity index (χ3v) is 5.38. The molecule has 0 fully saturated rings. The lowest BCUT2D eigenvalue weighted by Gasteiger charge is -2.11. The van der Waals surface area contributed by atoms with Gasteiger partial charge in [0.1, 0.15) is 17.8 Å². The molecule has 0 amide bonds. The number of nitrogens with one attached hydrogen (secondary N) is 1. The van der Waals surface area contributed by atoms with Crippen LogP contribution in [0.4, 0.5) is 0 Å². The highest BCUT2D eigenvalue weighted by atomic mass is 32.1. The van der Waals surface area contributed by atoms with Gasteiger partial charge in [0.15, 0.2) is 5.82 Å². The summed E-state index contributed by atoms with van der Waals surface area (Å²) >= 11 is 1.50. The molecule has 0 atom stereocenters. The van der Waals surface area contributed by atoms with E-state index < -0.39 is 0 Å². The molecule has 0 bridgehead atoms. The number of rotatable bonds is 3. The fourth-order valence-electron chi connectivity index (χ4n) is 3.25. The van der Waals surface area contributed by atoms with Crippen LogP contribution < -0.4 is 4.74 Å². The molecule has 0 spiro atoms. The molecule has 10 heteroatoms. The molecule has 1 aromatic carbocycles. The van der Waals surface area contributed by atoms with E-state index in [1.165, 1.54) is 16.4 Å². The third kappa shape index (κ3) is 2.60. The normalized spacial score (nSPS) is 13.1. The number of hydrogen-bond acceptors (Lipinski definition) is 8. The van der Waals surface area contributed by atoms with Crippen LogP contribution in [-0.4, -0.2) is 46.4 Å². The number of benzene rings is 1. The summed E-state index contributed by atoms with van der Waals surface area (Å²) in [6.07, 6.45) is 2.38. The van der Waals surface area contributed by atoms with Crippen LogP contribution in [0.1, 0.15) is 24.8 Å². The first-order valence-electron chi connectivity index (χ1n) is 8.62. The van der Waals surface area contributed by atoms with Gasteiger partial charge in [0, 0.05) is 34.0 Å². The van der Waals surface area contributed by atoms with Crippen molar-refractivity contribution in [3.63, 3.8) is 0 Å². The third-order valence-electron chi connectivity index (χ3n) is 4.48. The maximum atomic E-state index is 6.03. The molecule has 4 aromatic rings. The van der Waals surface area contributed by atoms with E-state index in [0.29, 0.717) is 12.4 Å². The molecule has 5 rings (SSSR count). The summed E-state index contributed by atoms with van der Waals surface area (Å²) in [5.74, 6) is 2.10. The van der Waals surface area contributed by atoms with Gasteiger partial charge in [-0.25, -0.2) is 9.67 Å². The van der Waals surface area contributed by atoms with Crippen molar-refractivity contribution in [2.75, 3.05) is 6.61 Å². The molecule has 0 unspecified atom stereocenters. The average molecular weight is 380 g/mol. The van der Waals surface area contributed by atoms with Crippen molar-refractivity contribution >= 4 is 11.5 Å². The fraction of sp³-hybridized carbons (Fsp3) is 0.294. The SMILES string of the molecule is CC(C)n1ncnc1-c1nsc2c1-c1ccc(-c3nn[nH]n3)cc1OCC2. The largest absolute Gasteiger partial charge is 0.493 e. The topological polar surface area (TPSA) is 107 Å². The van der Waals surface area contributed by atoms with Gasteiger partial charge >= 0.3 is 0 Å². The van der Waals surface area contributed by atoms with E-state index in [0.717, 1.165) is 40.4 Å². The highest BCUT2D eigenvalue weighted by Crippen LogP contribution is 2.44. The Morgan fingerprint density at radius 3 is 3.04 bits per heavy atom. The lowest BCUT2D eigenvalue weighted by Crippen LogP contribution is -2.05. The molecule has 0 radical (unpaired) electrons. The maximum Gasteiger partial charge on any atom is 0.204 e. The van der Waals surface area contributed by atoms with E-state index in [1.54, 1.807) is 6.33 Å². The number of H-pyrrole nitrogens is 1. The molecular weight excluding hydrogens is 364 g/mol. The van der Waals surface area contributed by atoms with Gasteiger partial charge in [-0.3, -0.25) is 0 Å². The Kier molecular flexibility index (Phi) is 3.71. The smallest absolute Gasteiger partial charge is 0.204 e. The van der Waals surface area contributed by atoms with Crippen molar-refractivity contribution < 1.29 is 4.74 Å². The number of hydrogen-bond donors (Lipinski definition) is 1. The minimum atomic E-state index is 0.196. The summed E-state index contributed by atoms with van der Waals surface area (Å²) in [4.78, 5) is 5.66. The Balaban J connectivity index is 1.68. The van der Waals surface area contributed by atoms with Crippen LogP contribution >= 0.6 is 11.5 Å². The van der Waals surface area contributed by atoms with Crippen molar-refractivity contribution in [2.45, 2.75) is 26.3 Å². The molecule has 27 heavy (non-hydrogen) atoms. The summed E-state index contributed by atoms with van der Waals surface area (Å²) in [5, 5.41) is 18.6. The molecule has 3 aromatic heterocycles. The maximum absolute atomic E-state index is 6.03. The van der Waals surface area contributed by atoms with E-state index in [-0.39, 0.29) is 6.04 Å². The zero-order chi connectivity index (χ0) is 18.4. The van der Waals surface area contributed by atoms with E-state index in [2.05, 4.69) is 44.6 Å². The molecule has 9 nitrogen and oxygen atoms in total. The molecule has 1 aliphatic heterocycles. The number of fused-ring (bicyclic) bond motifs is 3. The van der Waals surface area contributed by atoms with Crippen LogP contribution in [0.25, 0.3) is 34.0 Å². The molecule has 136 valence electrons. The monoisotopic (exact) mass is 380 g/mol. The van der Waals surface area contributed by atoms with Crippen molar-refractivity contribution in [2.24, 2.45) is 0 Å². The quantitative estimate of drug-likeness (QED) is 0.582. The second-order valence-corrected chi connectivity index (χ2v) is 7.35. The first-order valence-corrected chi connectivity index (χ1v) is 9.39. The Labute approximate surface area is 158 Å². The summed E-state index contributed by atoms with van der Waals surface area (Å²) in [5.41, 5.74) is 3.76. The van der Waals surface area contributed by atoms with Crippen LogP contribution in [0.5, 0.6) is 5.75 Å². The van der Waals surface area contributed by atoms with Crippen molar-refractivity contribution in [1.29, 1.82) is 0 Å². The van der Waals surface area contributed by atoms with Crippen molar-refractivity contribution in [3.05, 3.63) is 29.4 Å². The Morgan fingerprint density at radius 1 is 1.30 bits per heavy atom. The van der Waals surface area contributed by atoms with Gasteiger partial charge in [0.2, 0.25) is 5.82 Å². The molecule has 1 aliphatic rings. The molecule has 0 aliphatic carbocycles. The second-order valence-electron chi connectivity index (χ2n) is 6.50. The summed E-state index contributed by atoms with van der Waals surface area (Å²) < 4.78 is 12.6. The Hall–Kier alpha value is -3.14. The lowest BCUT2D eigenvalue weighted by atomic mass is 10.00. The summed E-state index contributed by atoms with van der Waals surface area (Å²) in [6, 6.07) is 6.14. The second kappa shape index (κ2) is 6.23. The van der Waals surface area contributed by atoms with Crippen LogP contribution in [0.15, 0.2) is 24.5 Å². The molecule has 1 N–H and O–H groups in total. The van der Waals surface area contributed by atoms with E-state index in [9.17, 15) is 0 Å². The number of aromatic amines is 1. The predicted molar refractivity (Wildman–Crippen MR) is 99.3 cm³/mol. The van der Waals surface area contributed by atoms with Crippen molar-refractivity contribution in [1.82, 2.24) is 39.8 Å². The van der Waals surface area contributed by atoms with Gasteiger partial charge in [-0.05, 0) is 42.7 Å². The first-order chi connectivity index (χ1) is 13.2. The molecular formula is C17H16N8OS. The minimum absolute atomic E-state index is 0.196. The zero-order valence-electron chi connectivity index (χ0n) is 14.7. The van der Waals surface area contributed by atoms with Gasteiger partial charge < -0.3 is 4.74 Å². The van der Waals surface area contributed by atoms with Crippen LogP contribution in [0.2, 0.25) is 0 Å². The van der Waals surface area contributed by atoms with Gasteiger partial charge in [0.25, 0.3) is 0 Å². The highest BCUT2D eigenvalue weighted by Gasteiger charge is 2.26. The standard InChI is InChI=1S/C17H16N8OS/c1-9(2)25-17(18-8-19-25)15-14-11-4-3-10(16-20-23-24-21-16)7-12(11)26-6-5-13(14)27-22-15/h3-4,7-9H,5-6H2,1-2H3,(H,20,21,23,24). The van der Waals surface area contributed by atoms with Gasteiger partial charge in [-0.15, -0.1) is 10.2 Å². The van der Waals surface area contributed by atoms with Crippen LogP contribution in [-0.2, 0) is 6.42 Å². The average Bonchev–Trinajstić information content (AvgIpc) is 3.40. The van der Waals surface area contributed by atoms with Crippen LogP contribution in [0.3, 0.4) is 0 Å². The lowest BCUT2D eigenvalue weighted by molar-refractivity contribution is 0.327. The van der Waals surface area contributed by atoms with Gasteiger partial charge in [-0.1, -0.05) is 6.07 Å². The zero-order valence-corrected chi connectivity index (χ0v) is 15.6. The van der Waals surface area contributed by atoms with Crippen molar-refractivity contribution in [3.8, 4) is 39.8 Å². The highest BCUT2D eigenvalue weighted by molar-refractivity contribution is 7.06. The Bertz CT molecular complexity index is 1100. The van der Waals surface area contributed by atoms with E-state index in [4.69, 9.17) is 9.11 Å². The van der Waals surface area contributed by atoms with E-state index in [1.807, 2.05) is 22.9 Å². The summed E-state index contributed by atoms with van der Waals surface area (Å²) in [7, 11) is 0. The first kappa shape index (κ1) is 16.1. The number of aromatic nitrogens is 8. The Morgan fingerprint density at radius 2 is 2.22 bits per heavy atom. The number of tetrazole rings is 1.